The predicted molar refractivity (Wildman–Crippen MR) is 85.9 cm³/mol. The van der Waals surface area contributed by atoms with Crippen molar-refractivity contribution in [2.75, 3.05) is 14.1 Å². The number of rotatable bonds is 4. The summed E-state index contributed by atoms with van der Waals surface area (Å²) in [4.78, 5) is 2.68. The summed E-state index contributed by atoms with van der Waals surface area (Å²) in [6.45, 7) is 2.37. The van der Waals surface area contributed by atoms with Gasteiger partial charge in [0.25, 0.3) is 0 Å². The fourth-order valence-electron chi connectivity index (χ4n) is 5.56. The summed E-state index contributed by atoms with van der Waals surface area (Å²) >= 11 is 0. The minimum absolute atomic E-state index is 0.796. The van der Waals surface area contributed by atoms with Gasteiger partial charge in [-0.2, -0.15) is 0 Å². The van der Waals surface area contributed by atoms with E-state index in [1.807, 2.05) is 0 Å². The number of nitrogens with zero attached hydrogens (tertiary/aromatic N) is 1. The van der Waals surface area contributed by atoms with Gasteiger partial charge in [-0.3, -0.25) is 0 Å². The summed E-state index contributed by atoms with van der Waals surface area (Å²) in [5.41, 5.74) is 0. The van der Waals surface area contributed by atoms with E-state index in [2.05, 4.69) is 31.2 Å². The van der Waals surface area contributed by atoms with Gasteiger partial charge in [-0.05, 0) is 70.4 Å². The zero-order valence-corrected chi connectivity index (χ0v) is 13.8. The number of piperidine rings is 1. The van der Waals surface area contributed by atoms with E-state index in [1.54, 1.807) is 0 Å². The van der Waals surface area contributed by atoms with Gasteiger partial charge < -0.3 is 10.2 Å². The zero-order valence-electron chi connectivity index (χ0n) is 13.8. The first-order chi connectivity index (χ1) is 9.72. The Morgan fingerprint density at radius 2 is 1.55 bits per heavy atom. The van der Waals surface area contributed by atoms with Gasteiger partial charge in [-0.1, -0.05) is 26.2 Å². The molecule has 0 spiro atoms. The highest BCUT2D eigenvalue weighted by Gasteiger charge is 2.42. The first kappa shape index (κ1) is 14.8. The van der Waals surface area contributed by atoms with Crippen LogP contribution in [0, 0.1) is 17.8 Å². The van der Waals surface area contributed by atoms with Crippen molar-refractivity contribution >= 4 is 0 Å². The van der Waals surface area contributed by atoms with Gasteiger partial charge in [0, 0.05) is 18.1 Å². The SMILES string of the molecule is CCC1CCC(C(NC)C2CC3CCC(C2)N3C)CC1. The van der Waals surface area contributed by atoms with Crippen molar-refractivity contribution < 1.29 is 0 Å². The molecule has 2 heteroatoms. The molecule has 2 bridgehead atoms. The minimum atomic E-state index is 0.796. The molecular formula is C18H34N2. The lowest BCUT2D eigenvalue weighted by Gasteiger charge is -2.44. The van der Waals surface area contributed by atoms with E-state index in [-0.39, 0.29) is 0 Å². The van der Waals surface area contributed by atoms with E-state index >= 15 is 0 Å². The van der Waals surface area contributed by atoms with E-state index < -0.39 is 0 Å². The summed E-state index contributed by atoms with van der Waals surface area (Å²) in [7, 11) is 4.58. The molecular weight excluding hydrogens is 244 g/mol. The van der Waals surface area contributed by atoms with Crippen LogP contribution in [-0.2, 0) is 0 Å². The highest BCUT2D eigenvalue weighted by Crippen LogP contribution is 2.42. The molecule has 3 aliphatic rings. The summed E-state index contributed by atoms with van der Waals surface area (Å²) in [6, 6.07) is 2.58. The molecule has 0 amide bonds. The first-order valence-corrected chi connectivity index (χ1v) is 9.12. The molecule has 116 valence electrons. The Kier molecular flexibility index (Phi) is 4.72. The number of hydrogen-bond donors (Lipinski definition) is 1. The Balaban J connectivity index is 1.60. The molecule has 3 rings (SSSR count). The van der Waals surface area contributed by atoms with Crippen molar-refractivity contribution in [1.29, 1.82) is 0 Å². The van der Waals surface area contributed by atoms with E-state index in [4.69, 9.17) is 0 Å². The van der Waals surface area contributed by atoms with Crippen molar-refractivity contribution in [3.8, 4) is 0 Å². The third kappa shape index (κ3) is 2.78. The van der Waals surface area contributed by atoms with Crippen molar-refractivity contribution in [3.63, 3.8) is 0 Å². The van der Waals surface area contributed by atoms with Crippen LogP contribution in [0.5, 0.6) is 0 Å². The maximum Gasteiger partial charge on any atom is 0.0122 e. The second-order valence-electron chi connectivity index (χ2n) is 7.79. The summed E-state index contributed by atoms with van der Waals surface area (Å²) in [5, 5.41) is 3.74. The smallest absolute Gasteiger partial charge is 0.0122 e. The Hall–Kier alpha value is -0.0800. The molecule has 0 aromatic heterocycles. The molecule has 1 aliphatic carbocycles. The molecule has 0 aromatic rings. The monoisotopic (exact) mass is 278 g/mol. The molecule has 3 atom stereocenters. The Morgan fingerprint density at radius 1 is 0.950 bits per heavy atom. The molecule has 1 N–H and O–H groups in total. The van der Waals surface area contributed by atoms with Gasteiger partial charge in [0.2, 0.25) is 0 Å². The fourth-order valence-corrected chi connectivity index (χ4v) is 5.56. The lowest BCUT2D eigenvalue weighted by atomic mass is 9.71. The zero-order chi connectivity index (χ0) is 14.1. The average molecular weight is 278 g/mol. The van der Waals surface area contributed by atoms with Gasteiger partial charge in [0.05, 0.1) is 0 Å². The maximum absolute atomic E-state index is 3.74. The molecule has 1 saturated carbocycles. The predicted octanol–water partition coefficient (Wildman–Crippen LogP) is 3.66. The summed E-state index contributed by atoms with van der Waals surface area (Å²) in [6.07, 6.45) is 13.1. The quantitative estimate of drug-likeness (QED) is 0.844. The highest BCUT2D eigenvalue weighted by atomic mass is 15.2. The number of nitrogens with one attached hydrogen (secondary N) is 1. The van der Waals surface area contributed by atoms with Crippen LogP contribution >= 0.6 is 0 Å². The van der Waals surface area contributed by atoms with Crippen LogP contribution < -0.4 is 5.32 Å². The molecule has 2 saturated heterocycles. The van der Waals surface area contributed by atoms with Crippen molar-refractivity contribution in [3.05, 3.63) is 0 Å². The molecule has 3 fully saturated rings. The molecule has 20 heavy (non-hydrogen) atoms. The van der Waals surface area contributed by atoms with Crippen LogP contribution in [0.2, 0.25) is 0 Å². The van der Waals surface area contributed by atoms with Crippen LogP contribution in [0.15, 0.2) is 0 Å². The van der Waals surface area contributed by atoms with Gasteiger partial charge in [0.15, 0.2) is 0 Å². The molecule has 2 heterocycles. The normalized spacial score (nSPS) is 43.6. The van der Waals surface area contributed by atoms with E-state index in [1.165, 1.54) is 57.8 Å². The van der Waals surface area contributed by atoms with Gasteiger partial charge >= 0.3 is 0 Å². The first-order valence-electron chi connectivity index (χ1n) is 9.12. The van der Waals surface area contributed by atoms with Crippen molar-refractivity contribution in [1.82, 2.24) is 10.2 Å². The van der Waals surface area contributed by atoms with E-state index in [0.29, 0.717) is 0 Å². The van der Waals surface area contributed by atoms with Crippen molar-refractivity contribution in [2.24, 2.45) is 17.8 Å². The van der Waals surface area contributed by atoms with Crippen LogP contribution in [0.25, 0.3) is 0 Å². The Morgan fingerprint density at radius 3 is 2.05 bits per heavy atom. The summed E-state index contributed by atoms with van der Waals surface area (Å²) in [5.74, 6) is 2.92. The lowest BCUT2D eigenvalue weighted by Crippen LogP contribution is -2.49. The largest absolute Gasteiger partial charge is 0.316 e. The second-order valence-corrected chi connectivity index (χ2v) is 7.79. The third-order valence-corrected chi connectivity index (χ3v) is 6.95. The standard InChI is InChI=1S/C18H34N2/c1-4-13-5-7-14(8-6-13)18(19-2)15-11-16-9-10-17(12-15)20(16)3/h13-19H,4-12H2,1-3H3. The Bertz CT molecular complexity index is 295. The van der Waals surface area contributed by atoms with Crippen LogP contribution in [-0.4, -0.2) is 37.1 Å². The molecule has 0 aromatic carbocycles. The maximum atomic E-state index is 3.74. The average Bonchev–Trinajstić information content (AvgIpc) is 2.70. The van der Waals surface area contributed by atoms with Crippen molar-refractivity contribution in [2.45, 2.75) is 82.8 Å². The van der Waals surface area contributed by atoms with Crippen LogP contribution in [0.1, 0.15) is 64.7 Å². The number of hydrogen-bond acceptors (Lipinski definition) is 2. The summed E-state index contributed by atoms with van der Waals surface area (Å²) < 4.78 is 0. The van der Waals surface area contributed by atoms with E-state index in [9.17, 15) is 0 Å². The van der Waals surface area contributed by atoms with Gasteiger partial charge in [0.1, 0.15) is 0 Å². The molecule has 3 unspecified atom stereocenters. The van der Waals surface area contributed by atoms with Crippen LogP contribution in [0.3, 0.4) is 0 Å². The van der Waals surface area contributed by atoms with E-state index in [0.717, 1.165) is 35.9 Å². The topological polar surface area (TPSA) is 15.3 Å². The number of fused-ring (bicyclic) bond motifs is 2. The third-order valence-electron chi connectivity index (χ3n) is 6.95. The highest BCUT2D eigenvalue weighted by molar-refractivity contribution is 4.98. The molecule has 2 aliphatic heterocycles. The lowest BCUT2D eigenvalue weighted by molar-refractivity contribution is 0.0843. The molecule has 0 radical (unpaired) electrons. The second kappa shape index (κ2) is 6.36. The van der Waals surface area contributed by atoms with Crippen LogP contribution in [0.4, 0.5) is 0 Å². The molecule has 2 nitrogen and oxygen atoms in total. The minimum Gasteiger partial charge on any atom is -0.316 e. The van der Waals surface area contributed by atoms with Gasteiger partial charge in [-0.25, -0.2) is 0 Å². The van der Waals surface area contributed by atoms with Gasteiger partial charge in [-0.15, -0.1) is 0 Å². The fraction of sp³-hybridized carbons (Fsp3) is 1.00. The Labute approximate surface area is 125 Å².